The zero-order valence-corrected chi connectivity index (χ0v) is 13.3. The molecule has 1 fully saturated rings. The Morgan fingerprint density at radius 1 is 1.33 bits per heavy atom. The fraction of sp³-hybridized carbons (Fsp3) is 0.278. The fourth-order valence-electron chi connectivity index (χ4n) is 2.75. The topological polar surface area (TPSA) is 76.6 Å². The van der Waals surface area contributed by atoms with Crippen molar-refractivity contribution in [2.24, 2.45) is 0 Å². The van der Waals surface area contributed by atoms with Gasteiger partial charge in [-0.1, -0.05) is 12.1 Å². The van der Waals surface area contributed by atoms with Crippen LogP contribution in [0.25, 0.3) is 6.08 Å². The third kappa shape index (κ3) is 3.37. The Hall–Kier alpha value is -2.89. The Labute approximate surface area is 139 Å². The van der Waals surface area contributed by atoms with Gasteiger partial charge in [0.25, 0.3) is 5.69 Å². The monoisotopic (exact) mass is 326 g/mol. The molecule has 1 amide bonds. The molecule has 1 unspecified atom stereocenters. The van der Waals surface area contributed by atoms with Crippen molar-refractivity contribution in [3.63, 3.8) is 0 Å². The van der Waals surface area contributed by atoms with Crippen LogP contribution < -0.4 is 0 Å². The van der Waals surface area contributed by atoms with Crippen molar-refractivity contribution in [2.45, 2.75) is 31.8 Å². The second-order valence-corrected chi connectivity index (χ2v) is 5.82. The summed E-state index contributed by atoms with van der Waals surface area (Å²) < 4.78 is 5.41. The van der Waals surface area contributed by atoms with E-state index in [1.807, 2.05) is 13.0 Å². The predicted molar refractivity (Wildman–Crippen MR) is 89.1 cm³/mol. The van der Waals surface area contributed by atoms with Crippen LogP contribution in [0.1, 0.15) is 37.1 Å². The Balaban J connectivity index is 1.81. The van der Waals surface area contributed by atoms with Crippen LogP contribution in [-0.2, 0) is 4.79 Å². The summed E-state index contributed by atoms with van der Waals surface area (Å²) in [6.45, 7) is 1.92. The summed E-state index contributed by atoms with van der Waals surface area (Å²) in [7, 11) is 0. The van der Waals surface area contributed by atoms with Gasteiger partial charge in [0.1, 0.15) is 5.76 Å². The van der Waals surface area contributed by atoms with Crippen molar-refractivity contribution >= 4 is 17.7 Å². The van der Waals surface area contributed by atoms with Crippen molar-refractivity contribution < 1.29 is 14.1 Å². The standard InChI is InChI=1S/C18H18N2O4/c1-13(17-7-4-12-24-17)19(15-9-10-15)18(21)11-8-14-5-2-3-6-16(14)20(22)23/h2-8,11-13,15H,9-10H2,1H3/b11-8+. The molecule has 0 bridgehead atoms. The van der Waals surface area contributed by atoms with Gasteiger partial charge in [0.15, 0.2) is 0 Å². The Morgan fingerprint density at radius 2 is 2.08 bits per heavy atom. The van der Waals surface area contributed by atoms with E-state index >= 15 is 0 Å². The Kier molecular flexibility index (Phi) is 4.46. The molecule has 124 valence electrons. The first kappa shape index (κ1) is 16.0. The maximum absolute atomic E-state index is 12.6. The van der Waals surface area contributed by atoms with Crippen molar-refractivity contribution in [2.75, 3.05) is 0 Å². The highest BCUT2D eigenvalue weighted by Crippen LogP contribution is 2.35. The van der Waals surface area contributed by atoms with E-state index in [0.29, 0.717) is 5.56 Å². The van der Waals surface area contributed by atoms with E-state index in [4.69, 9.17) is 4.42 Å². The van der Waals surface area contributed by atoms with Gasteiger partial charge in [0.2, 0.25) is 5.91 Å². The second kappa shape index (κ2) is 6.70. The van der Waals surface area contributed by atoms with Gasteiger partial charge in [-0.15, -0.1) is 0 Å². The van der Waals surface area contributed by atoms with Crippen molar-refractivity contribution in [3.05, 3.63) is 70.2 Å². The number of carbonyl (C=O) groups excluding carboxylic acids is 1. The minimum Gasteiger partial charge on any atom is -0.467 e. The number of para-hydroxylation sites is 1. The van der Waals surface area contributed by atoms with Crippen LogP contribution in [0.4, 0.5) is 5.69 Å². The van der Waals surface area contributed by atoms with Crippen molar-refractivity contribution in [1.29, 1.82) is 0 Å². The highest BCUT2D eigenvalue weighted by molar-refractivity contribution is 5.93. The average molecular weight is 326 g/mol. The number of furan rings is 1. The molecule has 6 nitrogen and oxygen atoms in total. The smallest absolute Gasteiger partial charge is 0.276 e. The largest absolute Gasteiger partial charge is 0.467 e. The Morgan fingerprint density at radius 3 is 2.71 bits per heavy atom. The summed E-state index contributed by atoms with van der Waals surface area (Å²) in [5, 5.41) is 11.0. The number of benzene rings is 1. The van der Waals surface area contributed by atoms with Gasteiger partial charge in [-0.2, -0.15) is 0 Å². The van der Waals surface area contributed by atoms with E-state index in [1.54, 1.807) is 35.4 Å². The van der Waals surface area contributed by atoms with Crippen molar-refractivity contribution in [3.8, 4) is 0 Å². The molecule has 1 saturated carbocycles. The van der Waals surface area contributed by atoms with E-state index in [9.17, 15) is 14.9 Å². The summed E-state index contributed by atoms with van der Waals surface area (Å²) in [4.78, 5) is 25.0. The summed E-state index contributed by atoms with van der Waals surface area (Å²) in [6, 6.07) is 10.0. The highest BCUT2D eigenvalue weighted by Gasteiger charge is 2.36. The number of carbonyl (C=O) groups is 1. The van der Waals surface area contributed by atoms with Gasteiger partial charge < -0.3 is 9.32 Å². The number of amides is 1. The predicted octanol–water partition coefficient (Wildman–Crippen LogP) is 3.95. The zero-order chi connectivity index (χ0) is 17.1. The summed E-state index contributed by atoms with van der Waals surface area (Å²) >= 11 is 0. The summed E-state index contributed by atoms with van der Waals surface area (Å²) in [5.41, 5.74) is 0.399. The lowest BCUT2D eigenvalue weighted by Gasteiger charge is -2.26. The van der Waals surface area contributed by atoms with Crippen LogP contribution >= 0.6 is 0 Å². The quantitative estimate of drug-likeness (QED) is 0.457. The average Bonchev–Trinajstić information content (AvgIpc) is 3.24. The number of nitro benzene ring substituents is 1. The Bertz CT molecular complexity index is 763. The molecule has 1 aromatic heterocycles. The number of rotatable bonds is 6. The molecule has 1 aliphatic carbocycles. The molecule has 1 atom stereocenters. The molecular weight excluding hydrogens is 308 g/mol. The molecule has 24 heavy (non-hydrogen) atoms. The fourth-order valence-corrected chi connectivity index (χ4v) is 2.75. The minimum absolute atomic E-state index is 0.0152. The van der Waals surface area contributed by atoms with Gasteiger partial charge in [-0.05, 0) is 44.0 Å². The van der Waals surface area contributed by atoms with Crippen LogP contribution in [0, 0.1) is 10.1 Å². The van der Waals surface area contributed by atoms with E-state index in [0.717, 1.165) is 18.6 Å². The normalized spacial score (nSPS) is 15.4. The van der Waals surface area contributed by atoms with Gasteiger partial charge in [-0.25, -0.2) is 0 Å². The van der Waals surface area contributed by atoms with Gasteiger partial charge >= 0.3 is 0 Å². The maximum Gasteiger partial charge on any atom is 0.276 e. The molecule has 0 saturated heterocycles. The number of nitrogens with zero attached hydrogens (tertiary/aromatic N) is 2. The van der Waals surface area contributed by atoms with E-state index in [2.05, 4.69) is 0 Å². The third-order valence-electron chi connectivity index (χ3n) is 4.11. The molecule has 0 spiro atoms. The zero-order valence-electron chi connectivity index (χ0n) is 13.3. The molecule has 3 rings (SSSR count). The summed E-state index contributed by atoms with van der Waals surface area (Å²) in [5.74, 6) is 0.564. The number of nitro groups is 1. The molecule has 2 aromatic rings. The molecule has 0 radical (unpaired) electrons. The van der Waals surface area contributed by atoms with E-state index in [-0.39, 0.29) is 23.7 Å². The van der Waals surface area contributed by atoms with E-state index in [1.165, 1.54) is 18.2 Å². The van der Waals surface area contributed by atoms with Crippen LogP contribution in [0.5, 0.6) is 0 Å². The first-order valence-electron chi connectivity index (χ1n) is 7.85. The van der Waals surface area contributed by atoms with Crippen LogP contribution in [0.3, 0.4) is 0 Å². The minimum atomic E-state index is -0.450. The van der Waals surface area contributed by atoms with Crippen molar-refractivity contribution in [1.82, 2.24) is 4.90 Å². The van der Waals surface area contributed by atoms with Crippen LogP contribution in [0.15, 0.2) is 53.2 Å². The number of hydrogen-bond acceptors (Lipinski definition) is 4. The van der Waals surface area contributed by atoms with Gasteiger partial charge in [0, 0.05) is 18.2 Å². The molecule has 1 heterocycles. The summed E-state index contributed by atoms with van der Waals surface area (Å²) in [6.07, 6.45) is 6.43. The second-order valence-electron chi connectivity index (χ2n) is 5.82. The lowest BCUT2D eigenvalue weighted by molar-refractivity contribution is -0.385. The van der Waals surface area contributed by atoms with Crippen LogP contribution in [0.2, 0.25) is 0 Å². The first-order valence-corrected chi connectivity index (χ1v) is 7.85. The van der Waals surface area contributed by atoms with Gasteiger partial charge in [-0.3, -0.25) is 14.9 Å². The lowest BCUT2D eigenvalue weighted by atomic mass is 10.1. The highest BCUT2D eigenvalue weighted by atomic mass is 16.6. The third-order valence-corrected chi connectivity index (χ3v) is 4.11. The SMILES string of the molecule is CC(c1ccco1)N(C(=O)/C=C/c1ccccc1[N+](=O)[O-])C1CC1. The molecule has 0 N–H and O–H groups in total. The molecule has 1 aliphatic rings. The van der Waals surface area contributed by atoms with E-state index < -0.39 is 4.92 Å². The van der Waals surface area contributed by atoms with Gasteiger partial charge in [0.05, 0.1) is 22.8 Å². The molecular formula is C18H18N2O4. The maximum atomic E-state index is 12.6. The molecule has 6 heteroatoms. The molecule has 1 aromatic carbocycles. The number of hydrogen-bond donors (Lipinski definition) is 0. The van der Waals surface area contributed by atoms with Crippen LogP contribution in [-0.4, -0.2) is 21.8 Å². The lowest BCUT2D eigenvalue weighted by Crippen LogP contribution is -2.34. The first-order chi connectivity index (χ1) is 11.6. The molecule has 0 aliphatic heterocycles.